The lowest BCUT2D eigenvalue weighted by Gasteiger charge is -2.17. The summed E-state index contributed by atoms with van der Waals surface area (Å²) in [7, 11) is 2.02. The summed E-state index contributed by atoms with van der Waals surface area (Å²) >= 11 is 0. The van der Waals surface area contributed by atoms with Crippen LogP contribution in [0.3, 0.4) is 0 Å². The van der Waals surface area contributed by atoms with Crippen LogP contribution < -0.4 is 5.32 Å². The van der Waals surface area contributed by atoms with Gasteiger partial charge in [-0.05, 0) is 25.3 Å². The van der Waals surface area contributed by atoms with Gasteiger partial charge in [0.15, 0.2) is 0 Å². The van der Waals surface area contributed by atoms with Gasteiger partial charge in [-0.25, -0.2) is 0 Å². The Hall–Kier alpha value is -0.830. The lowest BCUT2D eigenvalue weighted by molar-refractivity contribution is 0.484. The van der Waals surface area contributed by atoms with Gasteiger partial charge in [-0.2, -0.15) is 5.10 Å². The molecular weight excluding hydrogens is 198 g/mol. The molecule has 3 nitrogen and oxygen atoms in total. The zero-order chi connectivity index (χ0) is 11.5. The predicted octanol–water partition coefficient (Wildman–Crippen LogP) is 2.43. The Morgan fingerprint density at radius 1 is 1.50 bits per heavy atom. The SMILES string of the molecule is CCNC(CC1CC1)c1cn(C)nc1CC. The average molecular weight is 221 g/mol. The highest BCUT2D eigenvalue weighted by atomic mass is 15.3. The van der Waals surface area contributed by atoms with E-state index in [-0.39, 0.29) is 0 Å². The minimum absolute atomic E-state index is 0.515. The first-order chi connectivity index (χ1) is 7.74. The lowest BCUT2D eigenvalue weighted by Crippen LogP contribution is -2.22. The minimum atomic E-state index is 0.515. The van der Waals surface area contributed by atoms with Gasteiger partial charge in [-0.15, -0.1) is 0 Å². The predicted molar refractivity (Wildman–Crippen MR) is 66.3 cm³/mol. The molecule has 90 valence electrons. The molecule has 1 aliphatic rings. The maximum Gasteiger partial charge on any atom is 0.0669 e. The van der Waals surface area contributed by atoms with Crippen molar-refractivity contribution in [2.75, 3.05) is 6.54 Å². The van der Waals surface area contributed by atoms with Crippen molar-refractivity contribution in [3.05, 3.63) is 17.5 Å². The first kappa shape index (κ1) is 11.6. The van der Waals surface area contributed by atoms with Crippen molar-refractivity contribution in [1.29, 1.82) is 0 Å². The molecule has 3 heteroatoms. The van der Waals surface area contributed by atoms with Gasteiger partial charge in [0.2, 0.25) is 0 Å². The maximum absolute atomic E-state index is 4.54. The molecule has 1 unspecified atom stereocenters. The van der Waals surface area contributed by atoms with E-state index in [1.54, 1.807) is 0 Å². The molecule has 1 saturated carbocycles. The fourth-order valence-electron chi connectivity index (χ4n) is 2.37. The summed E-state index contributed by atoms with van der Waals surface area (Å²) in [4.78, 5) is 0. The molecule has 1 aromatic rings. The Morgan fingerprint density at radius 3 is 2.81 bits per heavy atom. The van der Waals surface area contributed by atoms with Gasteiger partial charge in [-0.3, -0.25) is 4.68 Å². The Kier molecular flexibility index (Phi) is 3.64. The Morgan fingerprint density at radius 2 is 2.25 bits per heavy atom. The van der Waals surface area contributed by atoms with Crippen molar-refractivity contribution >= 4 is 0 Å². The van der Waals surface area contributed by atoms with Crippen LogP contribution in [0.4, 0.5) is 0 Å². The lowest BCUT2D eigenvalue weighted by atomic mass is 10.0. The first-order valence-corrected chi connectivity index (χ1v) is 6.50. The second-order valence-corrected chi connectivity index (χ2v) is 4.85. The summed E-state index contributed by atoms with van der Waals surface area (Å²) in [5.41, 5.74) is 2.67. The molecule has 0 bridgehead atoms. The van der Waals surface area contributed by atoms with Crippen LogP contribution in [-0.4, -0.2) is 16.3 Å². The fraction of sp³-hybridized carbons (Fsp3) is 0.769. The largest absolute Gasteiger partial charge is 0.310 e. The number of aromatic nitrogens is 2. The maximum atomic E-state index is 4.54. The Balaban J connectivity index is 2.14. The van der Waals surface area contributed by atoms with E-state index < -0.39 is 0 Å². The third-order valence-electron chi connectivity index (χ3n) is 3.36. The number of rotatable bonds is 6. The van der Waals surface area contributed by atoms with E-state index in [1.807, 2.05) is 11.7 Å². The van der Waals surface area contributed by atoms with Gasteiger partial charge < -0.3 is 5.32 Å². The molecule has 1 heterocycles. The van der Waals surface area contributed by atoms with Crippen LogP contribution in [0.15, 0.2) is 6.20 Å². The van der Waals surface area contributed by atoms with Gasteiger partial charge >= 0.3 is 0 Å². The van der Waals surface area contributed by atoms with Gasteiger partial charge in [0.1, 0.15) is 0 Å². The molecule has 1 fully saturated rings. The highest BCUT2D eigenvalue weighted by molar-refractivity contribution is 5.22. The van der Waals surface area contributed by atoms with Crippen LogP contribution in [0.25, 0.3) is 0 Å². The average Bonchev–Trinajstić information content (AvgIpc) is 2.99. The summed E-state index contributed by atoms with van der Waals surface area (Å²) < 4.78 is 1.95. The van der Waals surface area contributed by atoms with Gasteiger partial charge in [0, 0.05) is 24.8 Å². The number of hydrogen-bond donors (Lipinski definition) is 1. The summed E-state index contributed by atoms with van der Waals surface area (Å²) in [5, 5.41) is 8.14. The third kappa shape index (κ3) is 2.64. The van der Waals surface area contributed by atoms with Crippen molar-refractivity contribution in [2.24, 2.45) is 13.0 Å². The molecule has 1 aliphatic carbocycles. The second-order valence-electron chi connectivity index (χ2n) is 4.85. The van der Waals surface area contributed by atoms with Crippen LogP contribution in [-0.2, 0) is 13.5 Å². The highest BCUT2D eigenvalue weighted by Gasteiger charge is 2.27. The molecule has 16 heavy (non-hydrogen) atoms. The molecule has 1 atom stereocenters. The minimum Gasteiger partial charge on any atom is -0.310 e. The molecule has 1 N–H and O–H groups in total. The van der Waals surface area contributed by atoms with E-state index >= 15 is 0 Å². The van der Waals surface area contributed by atoms with Crippen LogP contribution in [0.1, 0.15) is 50.4 Å². The van der Waals surface area contributed by atoms with Gasteiger partial charge in [0.05, 0.1) is 5.69 Å². The number of nitrogens with one attached hydrogen (secondary N) is 1. The van der Waals surface area contributed by atoms with Crippen LogP contribution in [0, 0.1) is 5.92 Å². The zero-order valence-corrected chi connectivity index (χ0v) is 10.7. The smallest absolute Gasteiger partial charge is 0.0669 e. The fourth-order valence-corrected chi connectivity index (χ4v) is 2.37. The molecule has 1 aromatic heterocycles. The first-order valence-electron chi connectivity index (χ1n) is 6.50. The quantitative estimate of drug-likeness (QED) is 0.799. The van der Waals surface area contributed by atoms with Crippen molar-refractivity contribution in [3.63, 3.8) is 0 Å². The summed E-state index contributed by atoms with van der Waals surface area (Å²) in [5.74, 6) is 0.953. The monoisotopic (exact) mass is 221 g/mol. The van der Waals surface area contributed by atoms with Crippen molar-refractivity contribution in [2.45, 2.75) is 45.6 Å². The number of hydrogen-bond acceptors (Lipinski definition) is 2. The van der Waals surface area contributed by atoms with Crippen LogP contribution in [0.5, 0.6) is 0 Å². The Labute approximate surface area is 98.2 Å². The van der Waals surface area contributed by atoms with Crippen molar-refractivity contribution < 1.29 is 0 Å². The van der Waals surface area contributed by atoms with Crippen LogP contribution >= 0.6 is 0 Å². The molecule has 0 radical (unpaired) electrons. The number of aryl methyl sites for hydroxylation is 2. The van der Waals surface area contributed by atoms with E-state index in [9.17, 15) is 0 Å². The number of nitrogens with zero attached hydrogens (tertiary/aromatic N) is 2. The molecule has 0 amide bonds. The van der Waals surface area contributed by atoms with Crippen molar-refractivity contribution in [1.82, 2.24) is 15.1 Å². The summed E-state index contributed by atoms with van der Waals surface area (Å²) in [6.45, 7) is 5.41. The van der Waals surface area contributed by atoms with E-state index in [1.165, 1.54) is 30.5 Å². The molecule has 0 spiro atoms. The second kappa shape index (κ2) is 5.00. The zero-order valence-electron chi connectivity index (χ0n) is 10.7. The summed E-state index contributed by atoms with van der Waals surface area (Å²) in [6.07, 6.45) is 7.34. The van der Waals surface area contributed by atoms with E-state index in [2.05, 4.69) is 30.5 Å². The normalized spacial score (nSPS) is 17.7. The standard InChI is InChI=1S/C13H23N3/c1-4-12-11(9-16(3)15-12)13(14-5-2)8-10-6-7-10/h9-10,13-14H,4-8H2,1-3H3. The summed E-state index contributed by atoms with van der Waals surface area (Å²) in [6, 6.07) is 0.515. The molecule has 0 aliphatic heterocycles. The topological polar surface area (TPSA) is 29.9 Å². The molecule has 0 aromatic carbocycles. The third-order valence-corrected chi connectivity index (χ3v) is 3.36. The highest BCUT2D eigenvalue weighted by Crippen LogP contribution is 2.38. The molecule has 0 saturated heterocycles. The van der Waals surface area contributed by atoms with E-state index in [0.29, 0.717) is 6.04 Å². The van der Waals surface area contributed by atoms with Gasteiger partial charge in [-0.1, -0.05) is 26.7 Å². The molecular formula is C13H23N3. The van der Waals surface area contributed by atoms with E-state index in [0.717, 1.165) is 18.9 Å². The van der Waals surface area contributed by atoms with Crippen molar-refractivity contribution in [3.8, 4) is 0 Å². The Bertz CT molecular complexity index is 339. The van der Waals surface area contributed by atoms with E-state index in [4.69, 9.17) is 0 Å². The van der Waals surface area contributed by atoms with Crippen LogP contribution in [0.2, 0.25) is 0 Å². The molecule has 2 rings (SSSR count). The van der Waals surface area contributed by atoms with Gasteiger partial charge in [0.25, 0.3) is 0 Å².